The molecule has 194 valence electrons. The van der Waals surface area contributed by atoms with Gasteiger partial charge in [0.1, 0.15) is 12.1 Å². The van der Waals surface area contributed by atoms with Gasteiger partial charge in [-0.15, -0.1) is 0 Å². The number of hydrogen-bond donors (Lipinski definition) is 1. The molecule has 8 heteroatoms. The van der Waals surface area contributed by atoms with E-state index in [1.54, 1.807) is 0 Å². The minimum absolute atomic E-state index is 0.00874. The van der Waals surface area contributed by atoms with Gasteiger partial charge in [0.15, 0.2) is 22.9 Å². The number of benzene rings is 1. The molecule has 0 aromatic heterocycles. The molecule has 6 nitrogen and oxygen atoms in total. The highest BCUT2D eigenvalue weighted by Gasteiger charge is 2.53. The van der Waals surface area contributed by atoms with Crippen molar-refractivity contribution in [2.45, 2.75) is 116 Å². The Bertz CT molecular complexity index is 802. The number of rotatable bonds is 9. The van der Waals surface area contributed by atoms with Crippen molar-refractivity contribution in [3.63, 3.8) is 0 Å². The van der Waals surface area contributed by atoms with Crippen LogP contribution < -0.4 is 5.32 Å². The summed E-state index contributed by atoms with van der Waals surface area (Å²) in [5.41, 5.74) is 1.11. The second-order valence-electron chi connectivity index (χ2n) is 12.5. The van der Waals surface area contributed by atoms with Gasteiger partial charge in [0.05, 0.1) is 19.3 Å². The lowest BCUT2D eigenvalue weighted by Gasteiger charge is -2.41. The van der Waals surface area contributed by atoms with Gasteiger partial charge in [0.25, 0.3) is 0 Å². The summed E-state index contributed by atoms with van der Waals surface area (Å²) in [5.74, 6) is -0.118. The van der Waals surface area contributed by atoms with E-state index in [0.29, 0.717) is 13.2 Å². The van der Waals surface area contributed by atoms with E-state index in [1.807, 2.05) is 30.3 Å². The standard InChI is InChI=1S/C26H47NO5Si2/c1-19(28)27-22-23(31-33(8,9)25(2,3)4)21(18-29-17-20-15-13-12-14-16-20)30-24(22)32-34(10,11)26(5,6)7/h12-16,21-24H,17-18H2,1-11H3,(H,27,28)/t21-,22+,23?,24-/m1/s1. The van der Waals surface area contributed by atoms with Crippen LogP contribution in [-0.2, 0) is 29.7 Å². The lowest BCUT2D eigenvalue weighted by molar-refractivity contribution is -0.126. The Labute approximate surface area is 209 Å². The first kappa shape index (κ1) is 29.2. The third kappa shape index (κ3) is 7.48. The maximum atomic E-state index is 12.2. The van der Waals surface area contributed by atoms with Gasteiger partial charge in [-0.3, -0.25) is 4.79 Å². The van der Waals surface area contributed by atoms with Gasteiger partial charge in [0.2, 0.25) is 5.91 Å². The molecule has 1 heterocycles. The van der Waals surface area contributed by atoms with Crippen molar-refractivity contribution < 1.29 is 23.1 Å². The zero-order chi connectivity index (χ0) is 25.9. The smallest absolute Gasteiger partial charge is 0.217 e. The molecule has 1 aromatic carbocycles. The third-order valence-corrected chi connectivity index (χ3v) is 16.4. The topological polar surface area (TPSA) is 66.0 Å². The summed E-state index contributed by atoms with van der Waals surface area (Å²) in [6.07, 6.45) is -1.27. The summed E-state index contributed by atoms with van der Waals surface area (Å²) in [7, 11) is -4.33. The fourth-order valence-corrected chi connectivity index (χ4v) is 5.81. The molecule has 1 aromatic rings. The first-order valence-corrected chi connectivity index (χ1v) is 18.2. The Hall–Kier alpha value is -1.04. The molecule has 2 rings (SSSR count). The van der Waals surface area contributed by atoms with Crippen molar-refractivity contribution in [3.05, 3.63) is 35.9 Å². The van der Waals surface area contributed by atoms with Gasteiger partial charge in [-0.25, -0.2) is 0 Å². The maximum Gasteiger partial charge on any atom is 0.217 e. The van der Waals surface area contributed by atoms with Crippen LogP contribution in [0.25, 0.3) is 0 Å². The largest absolute Gasteiger partial charge is 0.409 e. The first-order valence-electron chi connectivity index (χ1n) is 12.3. The number of nitrogens with one attached hydrogen (secondary N) is 1. The molecule has 0 spiro atoms. The summed E-state index contributed by atoms with van der Waals surface area (Å²) >= 11 is 0. The number of carbonyl (C=O) groups is 1. The quantitative estimate of drug-likeness (QED) is 0.423. The molecule has 0 bridgehead atoms. The molecule has 1 aliphatic rings. The van der Waals surface area contributed by atoms with Crippen LogP contribution in [0.4, 0.5) is 0 Å². The number of hydrogen-bond acceptors (Lipinski definition) is 5. The van der Waals surface area contributed by atoms with E-state index >= 15 is 0 Å². The lowest BCUT2D eigenvalue weighted by Crippen LogP contribution is -2.56. The fourth-order valence-electron chi connectivity index (χ4n) is 3.34. The predicted molar refractivity (Wildman–Crippen MR) is 143 cm³/mol. The second-order valence-corrected chi connectivity index (χ2v) is 22.0. The van der Waals surface area contributed by atoms with Gasteiger partial charge >= 0.3 is 0 Å². The molecule has 1 amide bonds. The van der Waals surface area contributed by atoms with E-state index in [9.17, 15) is 4.79 Å². The van der Waals surface area contributed by atoms with Crippen molar-refractivity contribution in [3.8, 4) is 0 Å². The number of ether oxygens (including phenoxy) is 2. The van der Waals surface area contributed by atoms with Crippen molar-refractivity contribution >= 4 is 22.5 Å². The minimum atomic E-state index is -2.16. The van der Waals surface area contributed by atoms with Crippen LogP contribution in [0.5, 0.6) is 0 Å². The van der Waals surface area contributed by atoms with Crippen molar-refractivity contribution in [1.29, 1.82) is 0 Å². The maximum absolute atomic E-state index is 12.2. The van der Waals surface area contributed by atoms with Crippen LogP contribution in [0, 0.1) is 0 Å². The van der Waals surface area contributed by atoms with Crippen LogP contribution in [0.15, 0.2) is 30.3 Å². The van der Waals surface area contributed by atoms with Crippen LogP contribution in [-0.4, -0.2) is 53.7 Å². The molecule has 1 saturated heterocycles. The van der Waals surface area contributed by atoms with E-state index in [2.05, 4.69) is 73.0 Å². The molecular formula is C26H47NO5Si2. The van der Waals surface area contributed by atoms with E-state index in [4.69, 9.17) is 18.3 Å². The molecule has 1 aliphatic heterocycles. The van der Waals surface area contributed by atoms with Crippen LogP contribution >= 0.6 is 0 Å². The molecular weight excluding hydrogens is 462 g/mol. The average Bonchev–Trinajstić information content (AvgIpc) is 2.96. The lowest BCUT2D eigenvalue weighted by atomic mass is 10.1. The van der Waals surface area contributed by atoms with Gasteiger partial charge in [-0.1, -0.05) is 71.9 Å². The van der Waals surface area contributed by atoms with Crippen LogP contribution in [0.3, 0.4) is 0 Å². The Balaban J connectivity index is 2.31. The fraction of sp³-hybridized carbons (Fsp3) is 0.731. The van der Waals surface area contributed by atoms with Crippen molar-refractivity contribution in [2.75, 3.05) is 6.61 Å². The van der Waals surface area contributed by atoms with Crippen molar-refractivity contribution in [1.82, 2.24) is 5.32 Å². The Morgan fingerprint density at radius 3 is 1.97 bits per heavy atom. The first-order chi connectivity index (χ1) is 15.4. The van der Waals surface area contributed by atoms with Gasteiger partial charge in [-0.2, -0.15) is 0 Å². The minimum Gasteiger partial charge on any atom is -0.409 e. The molecule has 1 N–H and O–H groups in total. The van der Waals surface area contributed by atoms with Crippen LogP contribution in [0.1, 0.15) is 54.0 Å². The zero-order valence-electron chi connectivity index (χ0n) is 23.2. The summed E-state index contributed by atoms with van der Waals surface area (Å²) in [6.45, 7) is 24.5. The zero-order valence-corrected chi connectivity index (χ0v) is 25.2. The van der Waals surface area contributed by atoms with E-state index < -0.39 is 29.0 Å². The van der Waals surface area contributed by atoms with Gasteiger partial charge in [-0.05, 0) is 41.8 Å². The normalized spacial score (nSPS) is 24.3. The number of amides is 1. The highest BCUT2D eigenvalue weighted by atomic mass is 28.4. The SMILES string of the molecule is CC(=O)N[C@H]1C(O[Si](C)(C)C(C)(C)C)[C@@H](COCc2ccccc2)O[C@@H]1O[Si](C)(C)C(C)(C)C. The predicted octanol–water partition coefficient (Wildman–Crippen LogP) is 5.85. The highest BCUT2D eigenvalue weighted by Crippen LogP contribution is 2.42. The monoisotopic (exact) mass is 509 g/mol. The molecule has 4 atom stereocenters. The summed E-state index contributed by atoms with van der Waals surface area (Å²) in [5, 5.41) is 3.13. The average molecular weight is 510 g/mol. The Morgan fingerprint density at radius 2 is 1.47 bits per heavy atom. The van der Waals surface area contributed by atoms with E-state index in [-0.39, 0.29) is 28.2 Å². The van der Waals surface area contributed by atoms with Crippen molar-refractivity contribution in [2.24, 2.45) is 0 Å². The van der Waals surface area contributed by atoms with E-state index in [1.165, 1.54) is 6.92 Å². The molecule has 0 radical (unpaired) electrons. The molecule has 0 saturated carbocycles. The molecule has 0 aliphatic carbocycles. The van der Waals surface area contributed by atoms with Gasteiger partial charge < -0.3 is 23.6 Å². The Morgan fingerprint density at radius 1 is 0.941 bits per heavy atom. The van der Waals surface area contributed by atoms with Crippen LogP contribution in [0.2, 0.25) is 36.3 Å². The third-order valence-electron chi connectivity index (χ3n) is 7.54. The molecule has 34 heavy (non-hydrogen) atoms. The summed E-state index contributed by atoms with van der Waals surface area (Å²) in [4.78, 5) is 12.2. The van der Waals surface area contributed by atoms with Gasteiger partial charge in [0, 0.05) is 6.92 Å². The summed E-state index contributed by atoms with van der Waals surface area (Å²) < 4.78 is 26.1. The molecule has 1 fully saturated rings. The molecule has 1 unspecified atom stereocenters. The summed E-state index contributed by atoms with van der Waals surface area (Å²) in [6, 6.07) is 9.69. The van der Waals surface area contributed by atoms with E-state index in [0.717, 1.165) is 5.56 Å². The highest BCUT2D eigenvalue weighted by molar-refractivity contribution is 6.74. The Kier molecular flexibility index (Phi) is 9.38. The second kappa shape index (κ2) is 10.9. The number of carbonyl (C=O) groups excluding carboxylic acids is 1.